The zero-order valence-electron chi connectivity index (χ0n) is 8.25. The van der Waals surface area contributed by atoms with Gasteiger partial charge in [0, 0.05) is 18.0 Å². The normalized spacial score (nSPS) is 10.1. The van der Waals surface area contributed by atoms with Crippen molar-refractivity contribution in [2.75, 3.05) is 0 Å². The SMILES string of the molecule is NNC(=O)Cc1nc(-c2cccnc2)no1. The molecule has 16 heavy (non-hydrogen) atoms. The Morgan fingerprint density at radius 3 is 3.12 bits per heavy atom. The van der Waals surface area contributed by atoms with Gasteiger partial charge in [0.25, 0.3) is 0 Å². The van der Waals surface area contributed by atoms with E-state index in [1.54, 1.807) is 24.5 Å². The molecule has 2 aromatic rings. The molecule has 0 fully saturated rings. The third kappa shape index (κ3) is 2.20. The van der Waals surface area contributed by atoms with Gasteiger partial charge in [-0.25, -0.2) is 5.84 Å². The molecule has 0 unspecified atom stereocenters. The highest BCUT2D eigenvalue weighted by Gasteiger charge is 2.11. The molecule has 1 amide bonds. The van der Waals surface area contributed by atoms with E-state index in [0.29, 0.717) is 5.82 Å². The van der Waals surface area contributed by atoms with Crippen LogP contribution < -0.4 is 11.3 Å². The molecular weight excluding hydrogens is 210 g/mol. The minimum absolute atomic E-state index is 0.0379. The number of nitrogens with two attached hydrogens (primary N) is 1. The van der Waals surface area contributed by atoms with Crippen LogP contribution in [0.25, 0.3) is 11.4 Å². The maximum Gasteiger partial charge on any atom is 0.243 e. The van der Waals surface area contributed by atoms with Crippen LogP contribution in [-0.4, -0.2) is 21.0 Å². The van der Waals surface area contributed by atoms with E-state index in [2.05, 4.69) is 15.1 Å². The van der Waals surface area contributed by atoms with Gasteiger partial charge in [-0.15, -0.1) is 0 Å². The van der Waals surface area contributed by atoms with Gasteiger partial charge in [-0.05, 0) is 12.1 Å². The fourth-order valence-corrected chi connectivity index (χ4v) is 1.13. The fourth-order valence-electron chi connectivity index (χ4n) is 1.13. The Bertz CT molecular complexity index is 482. The second-order valence-electron chi connectivity index (χ2n) is 3.00. The summed E-state index contributed by atoms with van der Waals surface area (Å²) in [6.07, 6.45) is 3.22. The van der Waals surface area contributed by atoms with Crippen LogP contribution in [0, 0.1) is 0 Å². The lowest BCUT2D eigenvalue weighted by atomic mass is 10.3. The summed E-state index contributed by atoms with van der Waals surface area (Å²) in [6.45, 7) is 0. The summed E-state index contributed by atoms with van der Waals surface area (Å²) in [5.41, 5.74) is 2.71. The molecule has 0 aliphatic carbocycles. The maximum atomic E-state index is 11.0. The number of amides is 1. The van der Waals surface area contributed by atoms with Crippen LogP contribution in [-0.2, 0) is 11.2 Å². The molecule has 82 valence electrons. The molecule has 2 aromatic heterocycles. The second-order valence-corrected chi connectivity index (χ2v) is 3.00. The molecule has 0 aliphatic heterocycles. The van der Waals surface area contributed by atoms with Crippen molar-refractivity contribution in [3.8, 4) is 11.4 Å². The summed E-state index contributed by atoms with van der Waals surface area (Å²) >= 11 is 0. The number of hydrogen-bond donors (Lipinski definition) is 2. The largest absolute Gasteiger partial charge is 0.338 e. The lowest BCUT2D eigenvalue weighted by molar-refractivity contribution is -0.120. The quantitative estimate of drug-likeness (QED) is 0.415. The molecule has 0 aliphatic rings. The van der Waals surface area contributed by atoms with Gasteiger partial charge in [-0.2, -0.15) is 4.98 Å². The second kappa shape index (κ2) is 4.49. The Hall–Kier alpha value is -2.28. The Morgan fingerprint density at radius 1 is 1.56 bits per heavy atom. The van der Waals surface area contributed by atoms with Crippen molar-refractivity contribution in [1.29, 1.82) is 0 Å². The molecule has 3 N–H and O–H groups in total. The topological polar surface area (TPSA) is 107 Å². The van der Waals surface area contributed by atoms with Crippen LogP contribution >= 0.6 is 0 Å². The van der Waals surface area contributed by atoms with Crippen LogP contribution in [0.1, 0.15) is 5.89 Å². The first-order valence-electron chi connectivity index (χ1n) is 4.52. The summed E-state index contributed by atoms with van der Waals surface area (Å²) in [7, 11) is 0. The lowest BCUT2D eigenvalue weighted by Crippen LogP contribution is -2.31. The molecular formula is C9H9N5O2. The number of aromatic nitrogens is 3. The van der Waals surface area contributed by atoms with Crippen molar-refractivity contribution in [1.82, 2.24) is 20.6 Å². The number of pyridine rings is 1. The van der Waals surface area contributed by atoms with E-state index < -0.39 is 0 Å². The van der Waals surface area contributed by atoms with Gasteiger partial charge in [0.2, 0.25) is 17.6 Å². The third-order valence-electron chi connectivity index (χ3n) is 1.86. The van der Waals surface area contributed by atoms with Crippen LogP contribution in [0.3, 0.4) is 0 Å². The maximum absolute atomic E-state index is 11.0. The van der Waals surface area contributed by atoms with Gasteiger partial charge in [0.05, 0.1) is 0 Å². The van der Waals surface area contributed by atoms with Gasteiger partial charge in [-0.1, -0.05) is 5.16 Å². The first-order valence-corrected chi connectivity index (χ1v) is 4.52. The number of rotatable bonds is 3. The molecule has 2 heterocycles. The molecule has 0 atom stereocenters. The zero-order valence-corrected chi connectivity index (χ0v) is 8.25. The lowest BCUT2D eigenvalue weighted by Gasteiger charge is -1.92. The van der Waals surface area contributed by atoms with Gasteiger partial charge in [-0.3, -0.25) is 15.2 Å². The minimum Gasteiger partial charge on any atom is -0.338 e. The smallest absolute Gasteiger partial charge is 0.243 e. The van der Waals surface area contributed by atoms with Crippen molar-refractivity contribution in [3.63, 3.8) is 0 Å². The van der Waals surface area contributed by atoms with E-state index in [4.69, 9.17) is 10.4 Å². The van der Waals surface area contributed by atoms with Crippen molar-refractivity contribution >= 4 is 5.91 Å². The van der Waals surface area contributed by atoms with E-state index in [1.807, 2.05) is 5.43 Å². The van der Waals surface area contributed by atoms with E-state index in [-0.39, 0.29) is 18.2 Å². The number of nitrogens with one attached hydrogen (secondary N) is 1. The molecule has 7 nitrogen and oxygen atoms in total. The zero-order chi connectivity index (χ0) is 11.4. The number of carbonyl (C=O) groups excluding carboxylic acids is 1. The van der Waals surface area contributed by atoms with Crippen molar-refractivity contribution in [2.24, 2.45) is 5.84 Å². The summed E-state index contributed by atoms with van der Waals surface area (Å²) in [5, 5.41) is 3.73. The minimum atomic E-state index is -0.388. The van der Waals surface area contributed by atoms with Gasteiger partial charge in [0.15, 0.2) is 0 Å². The highest BCUT2D eigenvalue weighted by atomic mass is 16.5. The first kappa shape index (κ1) is 10.2. The van der Waals surface area contributed by atoms with Gasteiger partial charge in [0.1, 0.15) is 6.42 Å². The van der Waals surface area contributed by atoms with E-state index in [0.717, 1.165) is 5.56 Å². The summed E-state index contributed by atoms with van der Waals surface area (Å²) in [5.74, 6) is 5.16. The van der Waals surface area contributed by atoms with Crippen LogP contribution in [0.4, 0.5) is 0 Å². The van der Waals surface area contributed by atoms with E-state index in [1.165, 1.54) is 0 Å². The monoisotopic (exact) mass is 219 g/mol. The standard InChI is InChI=1S/C9H9N5O2/c10-13-7(15)4-8-12-9(14-16-8)6-2-1-3-11-5-6/h1-3,5H,4,10H2,(H,13,15). The number of hydrazine groups is 1. The predicted molar refractivity (Wildman–Crippen MR) is 53.6 cm³/mol. The van der Waals surface area contributed by atoms with Crippen LogP contribution in [0.2, 0.25) is 0 Å². The average Bonchev–Trinajstić information content (AvgIpc) is 2.78. The number of carbonyl (C=O) groups is 1. The summed E-state index contributed by atoms with van der Waals surface area (Å²) < 4.78 is 4.89. The summed E-state index contributed by atoms with van der Waals surface area (Å²) in [6, 6.07) is 3.56. The van der Waals surface area contributed by atoms with Crippen LogP contribution in [0.15, 0.2) is 29.0 Å². The Balaban J connectivity index is 2.17. The Morgan fingerprint density at radius 2 is 2.44 bits per heavy atom. The molecule has 0 spiro atoms. The molecule has 0 bridgehead atoms. The summed E-state index contributed by atoms with van der Waals surface area (Å²) in [4.78, 5) is 18.9. The van der Waals surface area contributed by atoms with E-state index in [9.17, 15) is 4.79 Å². The number of hydrogen-bond acceptors (Lipinski definition) is 6. The first-order chi connectivity index (χ1) is 7.79. The molecule has 7 heteroatoms. The predicted octanol–water partition coefficient (Wildman–Crippen LogP) is -0.336. The van der Waals surface area contributed by atoms with Crippen molar-refractivity contribution in [2.45, 2.75) is 6.42 Å². The molecule has 0 saturated heterocycles. The third-order valence-corrected chi connectivity index (χ3v) is 1.86. The Labute approximate surface area is 90.6 Å². The highest BCUT2D eigenvalue weighted by Crippen LogP contribution is 2.13. The van der Waals surface area contributed by atoms with Crippen molar-refractivity contribution in [3.05, 3.63) is 30.4 Å². The fraction of sp³-hybridized carbons (Fsp3) is 0.111. The van der Waals surface area contributed by atoms with Gasteiger partial charge < -0.3 is 4.52 Å². The molecule has 0 radical (unpaired) electrons. The molecule has 0 aromatic carbocycles. The number of nitrogens with zero attached hydrogens (tertiary/aromatic N) is 3. The average molecular weight is 219 g/mol. The van der Waals surface area contributed by atoms with Gasteiger partial charge >= 0.3 is 0 Å². The molecule has 2 rings (SSSR count). The molecule has 0 saturated carbocycles. The Kier molecular flexibility index (Phi) is 2.88. The van der Waals surface area contributed by atoms with E-state index >= 15 is 0 Å². The van der Waals surface area contributed by atoms with Crippen LogP contribution in [0.5, 0.6) is 0 Å². The van der Waals surface area contributed by atoms with Crippen molar-refractivity contribution < 1.29 is 9.32 Å². The highest BCUT2D eigenvalue weighted by molar-refractivity contribution is 5.76.